The first-order valence-electron chi connectivity index (χ1n) is 10.8. The van der Waals surface area contributed by atoms with Gasteiger partial charge in [0.15, 0.2) is 0 Å². The molecule has 1 heterocycles. The van der Waals surface area contributed by atoms with Gasteiger partial charge in [-0.25, -0.2) is 4.39 Å². The maximum Gasteiger partial charge on any atom is 0.416 e. The van der Waals surface area contributed by atoms with Crippen LogP contribution in [0.5, 0.6) is 0 Å². The number of pyridine rings is 1. The van der Waals surface area contributed by atoms with Gasteiger partial charge < -0.3 is 5.32 Å². The third-order valence-corrected chi connectivity index (χ3v) is 7.12. The number of anilines is 1. The Balaban J connectivity index is 1.25. The van der Waals surface area contributed by atoms with E-state index in [4.69, 9.17) is 0 Å². The molecular formula is C25H22F4N2O. The Bertz CT molecular complexity index is 1180. The fourth-order valence-electron chi connectivity index (χ4n) is 5.27. The average molecular weight is 442 g/mol. The quantitative estimate of drug-likeness (QED) is 0.459. The number of amides is 1. The predicted molar refractivity (Wildman–Crippen MR) is 114 cm³/mol. The number of benzene rings is 2. The highest BCUT2D eigenvalue weighted by Gasteiger charge is 2.58. The molecule has 0 bridgehead atoms. The molecule has 0 radical (unpaired) electrons. The van der Waals surface area contributed by atoms with E-state index >= 15 is 0 Å². The van der Waals surface area contributed by atoms with Gasteiger partial charge in [0.05, 0.1) is 11.1 Å². The van der Waals surface area contributed by atoms with Gasteiger partial charge in [0.1, 0.15) is 5.82 Å². The fraction of sp³-hybridized carbons (Fsp3) is 0.360. The van der Waals surface area contributed by atoms with Crippen LogP contribution in [-0.4, -0.2) is 10.9 Å². The van der Waals surface area contributed by atoms with Crippen LogP contribution in [-0.2, 0) is 11.0 Å². The molecule has 0 saturated heterocycles. The molecule has 1 spiro atoms. The van der Waals surface area contributed by atoms with Crippen LogP contribution in [0.4, 0.5) is 23.2 Å². The number of alkyl halides is 3. The number of halogens is 4. The monoisotopic (exact) mass is 442 g/mol. The van der Waals surface area contributed by atoms with Crippen molar-refractivity contribution in [1.29, 1.82) is 0 Å². The molecule has 1 aromatic heterocycles. The minimum absolute atomic E-state index is 0.0731. The van der Waals surface area contributed by atoms with E-state index in [1.807, 2.05) is 6.07 Å². The molecule has 0 unspecified atom stereocenters. The highest BCUT2D eigenvalue weighted by atomic mass is 19.4. The number of fused-ring (bicyclic) bond motifs is 1. The summed E-state index contributed by atoms with van der Waals surface area (Å²) >= 11 is 0. The van der Waals surface area contributed by atoms with Crippen LogP contribution in [0, 0.1) is 17.2 Å². The first kappa shape index (κ1) is 20.9. The second kappa shape index (κ2) is 7.57. The number of rotatable bonds is 3. The van der Waals surface area contributed by atoms with Crippen molar-refractivity contribution in [2.24, 2.45) is 11.3 Å². The van der Waals surface area contributed by atoms with Crippen LogP contribution in [0.3, 0.4) is 0 Å². The van der Waals surface area contributed by atoms with E-state index in [0.29, 0.717) is 0 Å². The molecule has 7 heteroatoms. The molecule has 2 aliphatic carbocycles. The van der Waals surface area contributed by atoms with E-state index in [1.54, 1.807) is 12.3 Å². The lowest BCUT2D eigenvalue weighted by molar-refractivity contribution is -0.137. The van der Waals surface area contributed by atoms with E-state index in [9.17, 15) is 22.4 Å². The van der Waals surface area contributed by atoms with Gasteiger partial charge in [-0.15, -0.1) is 0 Å². The van der Waals surface area contributed by atoms with Crippen molar-refractivity contribution in [2.45, 2.75) is 44.2 Å². The molecule has 2 fully saturated rings. The maximum atomic E-state index is 13.8. The summed E-state index contributed by atoms with van der Waals surface area (Å²) < 4.78 is 52.6. The van der Waals surface area contributed by atoms with E-state index in [2.05, 4.69) is 10.3 Å². The standard InChI is InChI=1S/C25H22F4N2O/c26-17-4-5-22-20(13-17)19(8-11-30-22)15-6-9-24(10-7-15)14-21(24)23(32)31-18-3-1-2-16(12-18)25(27,28)29/h1-5,8,11-13,15,21H,6-7,9-10,14H2,(H,31,32)/t15?,21-,24?/m1/s1. The predicted octanol–water partition coefficient (Wildman–Crippen LogP) is 6.70. The molecule has 0 aliphatic heterocycles. The largest absolute Gasteiger partial charge is 0.416 e. The van der Waals surface area contributed by atoms with Crippen LogP contribution >= 0.6 is 0 Å². The summed E-state index contributed by atoms with van der Waals surface area (Å²) in [4.78, 5) is 17.1. The van der Waals surface area contributed by atoms with Crippen molar-refractivity contribution in [3.63, 3.8) is 0 Å². The SMILES string of the molecule is O=C(Nc1cccc(C(F)(F)F)c1)[C@H]1CC12CCC(c1ccnc3ccc(F)cc13)CC2. The van der Waals surface area contributed by atoms with Crippen LogP contribution < -0.4 is 5.32 Å². The molecule has 5 rings (SSSR count). The number of hydrogen-bond donors (Lipinski definition) is 1. The van der Waals surface area contributed by atoms with Gasteiger partial charge in [0.2, 0.25) is 5.91 Å². The zero-order chi connectivity index (χ0) is 22.5. The number of aromatic nitrogens is 1. The molecule has 2 aliphatic rings. The summed E-state index contributed by atoms with van der Waals surface area (Å²) in [7, 11) is 0. The number of nitrogens with one attached hydrogen (secondary N) is 1. The lowest BCUT2D eigenvalue weighted by Gasteiger charge is -2.30. The molecule has 1 atom stereocenters. The molecule has 1 N–H and O–H groups in total. The van der Waals surface area contributed by atoms with E-state index in [0.717, 1.165) is 60.7 Å². The van der Waals surface area contributed by atoms with Gasteiger partial charge in [-0.1, -0.05) is 6.07 Å². The summed E-state index contributed by atoms with van der Waals surface area (Å²) in [6, 6.07) is 11.3. The molecule has 2 aromatic carbocycles. The Kier molecular flexibility index (Phi) is 4.95. The van der Waals surface area contributed by atoms with Gasteiger partial charge in [0, 0.05) is 23.2 Å². The molecule has 32 heavy (non-hydrogen) atoms. The van der Waals surface area contributed by atoms with E-state index < -0.39 is 11.7 Å². The van der Waals surface area contributed by atoms with Crippen LogP contribution in [0.2, 0.25) is 0 Å². The third-order valence-electron chi connectivity index (χ3n) is 7.12. The minimum Gasteiger partial charge on any atom is -0.326 e. The van der Waals surface area contributed by atoms with Gasteiger partial charge in [-0.2, -0.15) is 13.2 Å². The third kappa shape index (κ3) is 3.85. The molecule has 166 valence electrons. The maximum absolute atomic E-state index is 13.8. The number of carbonyl (C=O) groups excluding carboxylic acids is 1. The molecule has 3 aromatic rings. The van der Waals surface area contributed by atoms with Gasteiger partial charge in [-0.05, 0) is 91.5 Å². The Morgan fingerprint density at radius 2 is 1.84 bits per heavy atom. The van der Waals surface area contributed by atoms with E-state index in [1.165, 1.54) is 24.3 Å². The van der Waals surface area contributed by atoms with Crippen molar-refractivity contribution < 1.29 is 22.4 Å². The first-order chi connectivity index (χ1) is 15.2. The van der Waals surface area contributed by atoms with Crippen molar-refractivity contribution >= 4 is 22.5 Å². The topological polar surface area (TPSA) is 42.0 Å². The zero-order valence-corrected chi connectivity index (χ0v) is 17.3. The lowest BCUT2D eigenvalue weighted by Crippen LogP contribution is -2.22. The smallest absolute Gasteiger partial charge is 0.326 e. The molecule has 1 amide bonds. The van der Waals surface area contributed by atoms with Crippen molar-refractivity contribution in [2.75, 3.05) is 5.32 Å². The summed E-state index contributed by atoms with van der Waals surface area (Å²) in [6.45, 7) is 0. The highest BCUT2D eigenvalue weighted by molar-refractivity contribution is 5.95. The van der Waals surface area contributed by atoms with Gasteiger partial charge in [-0.3, -0.25) is 9.78 Å². The zero-order valence-electron chi connectivity index (χ0n) is 17.3. The van der Waals surface area contributed by atoms with Crippen molar-refractivity contribution in [3.05, 3.63) is 71.7 Å². The summed E-state index contributed by atoms with van der Waals surface area (Å²) in [5.41, 5.74) is 1.19. The Hall–Kier alpha value is -2.96. The van der Waals surface area contributed by atoms with Crippen LogP contribution in [0.1, 0.15) is 49.1 Å². The Morgan fingerprint density at radius 3 is 2.59 bits per heavy atom. The Labute approximate surface area is 182 Å². The molecule has 2 saturated carbocycles. The number of carbonyl (C=O) groups is 1. The van der Waals surface area contributed by atoms with Crippen molar-refractivity contribution in [3.8, 4) is 0 Å². The second-order valence-corrected chi connectivity index (χ2v) is 9.02. The summed E-state index contributed by atoms with van der Waals surface area (Å²) in [5, 5.41) is 3.51. The van der Waals surface area contributed by atoms with Crippen LogP contribution in [0.25, 0.3) is 10.9 Å². The lowest BCUT2D eigenvalue weighted by atomic mass is 9.75. The van der Waals surface area contributed by atoms with Crippen molar-refractivity contribution in [1.82, 2.24) is 4.98 Å². The minimum atomic E-state index is -4.44. The average Bonchev–Trinajstić information content (AvgIpc) is 3.47. The number of nitrogens with zero attached hydrogens (tertiary/aromatic N) is 1. The fourth-order valence-corrected chi connectivity index (χ4v) is 5.27. The van der Waals surface area contributed by atoms with E-state index in [-0.39, 0.29) is 34.7 Å². The normalized spacial score (nSPS) is 25.1. The molecular weight excluding hydrogens is 420 g/mol. The molecule has 3 nitrogen and oxygen atoms in total. The second-order valence-electron chi connectivity index (χ2n) is 9.02. The van der Waals surface area contributed by atoms with Gasteiger partial charge >= 0.3 is 6.18 Å². The van der Waals surface area contributed by atoms with Crippen LogP contribution in [0.15, 0.2) is 54.7 Å². The Morgan fingerprint density at radius 1 is 1.06 bits per heavy atom. The summed E-state index contributed by atoms with van der Waals surface area (Å²) in [6.07, 6.45) is 1.60. The number of hydrogen-bond acceptors (Lipinski definition) is 2. The highest BCUT2D eigenvalue weighted by Crippen LogP contribution is 2.63. The van der Waals surface area contributed by atoms with Gasteiger partial charge in [0.25, 0.3) is 0 Å². The summed E-state index contributed by atoms with van der Waals surface area (Å²) in [5.74, 6) is -0.392. The first-order valence-corrected chi connectivity index (χ1v) is 10.8.